The van der Waals surface area contributed by atoms with E-state index in [1.165, 1.54) is 0 Å². The van der Waals surface area contributed by atoms with Crippen LogP contribution in [-0.2, 0) is 19.1 Å². The van der Waals surface area contributed by atoms with Crippen molar-refractivity contribution in [1.82, 2.24) is 4.90 Å². The lowest BCUT2D eigenvalue weighted by Gasteiger charge is -2.48. The van der Waals surface area contributed by atoms with E-state index >= 15 is 0 Å². The summed E-state index contributed by atoms with van der Waals surface area (Å²) in [4.78, 5) is 25.2. The van der Waals surface area contributed by atoms with Crippen molar-refractivity contribution in [3.8, 4) is 0 Å². The van der Waals surface area contributed by atoms with Gasteiger partial charge in [-0.25, -0.2) is 0 Å². The fourth-order valence-corrected chi connectivity index (χ4v) is 4.28. The highest BCUT2D eigenvalue weighted by molar-refractivity contribution is 5.70. The average molecular weight is 556 g/mol. The van der Waals surface area contributed by atoms with E-state index in [4.69, 9.17) is 9.47 Å². The quantitative estimate of drug-likeness (QED) is 0.121. The minimum absolute atomic E-state index is 0.352. The Morgan fingerprint density at radius 1 is 0.850 bits per heavy atom. The van der Waals surface area contributed by atoms with Crippen LogP contribution >= 0.6 is 0 Å². The van der Waals surface area contributed by atoms with E-state index in [0.717, 1.165) is 44.9 Å². The summed E-state index contributed by atoms with van der Waals surface area (Å²) in [6.07, 6.45) is 33.3. The lowest BCUT2D eigenvalue weighted by molar-refractivity contribution is -0.336. The topological polar surface area (TPSA) is 76.1 Å². The average Bonchev–Trinajstić information content (AvgIpc) is 2.91. The number of carboxylic acids is 1. The Kier molecular flexibility index (Phi) is 17.9. The highest BCUT2D eigenvalue weighted by Gasteiger charge is 2.44. The number of rotatable bonds is 20. The van der Waals surface area contributed by atoms with Crippen molar-refractivity contribution in [2.75, 3.05) is 13.2 Å². The molecule has 0 saturated carbocycles. The van der Waals surface area contributed by atoms with E-state index in [9.17, 15) is 14.7 Å². The number of carbonyl (C=O) groups excluding carboxylic acids is 1. The molecule has 0 radical (unpaired) electrons. The second-order valence-electron chi connectivity index (χ2n) is 11.3. The molecule has 6 heteroatoms. The van der Waals surface area contributed by atoms with Crippen molar-refractivity contribution < 1.29 is 24.2 Å². The minimum atomic E-state index is -0.805. The van der Waals surface area contributed by atoms with Gasteiger partial charge < -0.3 is 19.5 Å². The molecule has 1 saturated heterocycles. The van der Waals surface area contributed by atoms with Crippen LogP contribution in [0, 0.1) is 11.3 Å². The number of aliphatic carboxylic acids is 1. The molecule has 0 aromatic carbocycles. The SMILES string of the molecule is CCC=CCC=CCC=CCC=CCC=CCC=CCC(CCCN(C=O)[C@@H]1OC(C)(C)OCC1(C)C)C(=O)O. The molecule has 1 aliphatic rings. The summed E-state index contributed by atoms with van der Waals surface area (Å²) in [7, 11) is 0. The second kappa shape index (κ2) is 20.2. The van der Waals surface area contributed by atoms with E-state index in [1.807, 2.05) is 39.8 Å². The molecule has 224 valence electrons. The van der Waals surface area contributed by atoms with Gasteiger partial charge in [-0.1, -0.05) is 93.7 Å². The van der Waals surface area contributed by atoms with Gasteiger partial charge in [-0.2, -0.15) is 0 Å². The predicted molar refractivity (Wildman–Crippen MR) is 165 cm³/mol. The normalized spacial score (nSPS) is 20.1. The van der Waals surface area contributed by atoms with Crippen LogP contribution in [0.25, 0.3) is 0 Å². The first-order chi connectivity index (χ1) is 19.1. The molecule has 0 bridgehead atoms. The zero-order valence-corrected chi connectivity index (χ0v) is 25.5. The zero-order chi connectivity index (χ0) is 29.7. The van der Waals surface area contributed by atoms with Crippen LogP contribution in [-0.4, -0.2) is 47.6 Å². The molecule has 1 fully saturated rings. The van der Waals surface area contributed by atoms with Gasteiger partial charge in [0.25, 0.3) is 0 Å². The van der Waals surface area contributed by atoms with Crippen LogP contribution in [0.2, 0.25) is 0 Å². The minimum Gasteiger partial charge on any atom is -0.481 e. The fraction of sp³-hybridized carbons (Fsp3) is 0.588. The van der Waals surface area contributed by atoms with E-state index in [0.29, 0.717) is 32.4 Å². The molecular weight excluding hydrogens is 502 g/mol. The molecule has 2 atom stereocenters. The summed E-state index contributed by atoms with van der Waals surface area (Å²) >= 11 is 0. The first-order valence-corrected chi connectivity index (χ1v) is 14.8. The van der Waals surface area contributed by atoms with E-state index in [2.05, 4.69) is 67.7 Å². The Bertz CT molecular complexity index is 894. The number of ether oxygens (including phenoxy) is 2. The number of carboxylic acid groups (broad SMARTS) is 1. The largest absolute Gasteiger partial charge is 0.481 e. The van der Waals surface area contributed by atoms with Crippen molar-refractivity contribution >= 4 is 12.4 Å². The van der Waals surface area contributed by atoms with Gasteiger partial charge >= 0.3 is 5.97 Å². The van der Waals surface area contributed by atoms with Crippen LogP contribution in [0.3, 0.4) is 0 Å². The Labute approximate surface area is 243 Å². The third kappa shape index (κ3) is 15.8. The summed E-state index contributed by atoms with van der Waals surface area (Å²) < 4.78 is 11.8. The van der Waals surface area contributed by atoms with Gasteiger partial charge in [0.15, 0.2) is 5.79 Å². The van der Waals surface area contributed by atoms with Gasteiger partial charge in [0, 0.05) is 12.0 Å². The molecule has 40 heavy (non-hydrogen) atoms. The Morgan fingerprint density at radius 2 is 1.32 bits per heavy atom. The number of nitrogens with zero attached hydrogens (tertiary/aromatic N) is 1. The fourth-order valence-electron chi connectivity index (χ4n) is 4.28. The summed E-state index contributed by atoms with van der Waals surface area (Å²) in [5.74, 6) is -2.04. The number of carbonyl (C=O) groups is 2. The first kappa shape index (κ1) is 35.3. The Balaban J connectivity index is 2.29. The highest BCUT2D eigenvalue weighted by Crippen LogP contribution is 2.36. The molecule has 0 spiro atoms. The molecule has 1 rings (SSSR count). The molecule has 0 aromatic heterocycles. The van der Waals surface area contributed by atoms with Crippen LogP contribution in [0.15, 0.2) is 72.9 Å². The van der Waals surface area contributed by atoms with Gasteiger partial charge in [-0.15, -0.1) is 0 Å². The Hall–Kier alpha value is -2.70. The maximum Gasteiger partial charge on any atom is 0.306 e. The third-order valence-electron chi connectivity index (χ3n) is 6.63. The molecule has 1 heterocycles. The van der Waals surface area contributed by atoms with E-state index in [1.54, 1.807) is 4.90 Å². The maximum atomic E-state index is 11.8. The summed E-state index contributed by atoms with van der Waals surface area (Å²) in [5.41, 5.74) is -0.352. The van der Waals surface area contributed by atoms with Crippen molar-refractivity contribution in [3.05, 3.63) is 72.9 Å². The molecule has 0 aromatic rings. The smallest absolute Gasteiger partial charge is 0.306 e. The van der Waals surface area contributed by atoms with Crippen molar-refractivity contribution in [2.24, 2.45) is 11.3 Å². The van der Waals surface area contributed by atoms with E-state index in [-0.39, 0.29) is 5.41 Å². The standard InChI is InChI=1S/C34H53NO5/c1-6-7-8-9-10-11-12-13-14-15-16-17-18-19-20-21-22-23-25-30(31(37)38)26-24-27-35(29-36)32-33(2,3)28-39-34(4,5)40-32/h7-8,10-11,13-14,16-17,19-20,22-23,29-30,32H,6,9,12,15,18,21,24-28H2,1-5H3,(H,37,38)/t30?,32-/m1/s1. The van der Waals surface area contributed by atoms with Crippen LogP contribution in [0.1, 0.15) is 92.4 Å². The molecule has 1 unspecified atom stereocenters. The zero-order valence-electron chi connectivity index (χ0n) is 25.5. The number of allylic oxidation sites excluding steroid dienone is 12. The van der Waals surface area contributed by atoms with Gasteiger partial charge in [-0.3, -0.25) is 9.59 Å². The van der Waals surface area contributed by atoms with Crippen LogP contribution in [0.5, 0.6) is 0 Å². The highest BCUT2D eigenvalue weighted by atomic mass is 16.7. The monoisotopic (exact) mass is 555 g/mol. The number of hydrogen-bond donors (Lipinski definition) is 1. The lowest BCUT2D eigenvalue weighted by atomic mass is 9.89. The van der Waals surface area contributed by atoms with Gasteiger partial charge in [0.05, 0.1) is 12.5 Å². The number of amides is 1. The van der Waals surface area contributed by atoms with Crippen LogP contribution < -0.4 is 0 Å². The first-order valence-electron chi connectivity index (χ1n) is 14.8. The third-order valence-corrected chi connectivity index (χ3v) is 6.63. The molecule has 1 N–H and O–H groups in total. The summed E-state index contributed by atoms with van der Waals surface area (Å²) in [6.45, 7) is 10.8. The second-order valence-corrected chi connectivity index (χ2v) is 11.3. The van der Waals surface area contributed by atoms with Crippen molar-refractivity contribution in [3.63, 3.8) is 0 Å². The predicted octanol–water partition coefficient (Wildman–Crippen LogP) is 8.15. The molecule has 1 aliphatic heterocycles. The van der Waals surface area contributed by atoms with Crippen molar-refractivity contribution in [2.45, 2.75) is 104 Å². The lowest BCUT2D eigenvalue weighted by Crippen LogP contribution is -2.57. The summed E-state index contributed by atoms with van der Waals surface area (Å²) in [5, 5.41) is 9.65. The van der Waals surface area contributed by atoms with Gasteiger partial charge in [0.2, 0.25) is 6.41 Å². The van der Waals surface area contributed by atoms with Gasteiger partial charge in [-0.05, 0) is 71.6 Å². The molecular formula is C34H53NO5. The molecule has 6 nitrogen and oxygen atoms in total. The Morgan fingerprint density at radius 3 is 1.77 bits per heavy atom. The summed E-state index contributed by atoms with van der Waals surface area (Å²) in [6, 6.07) is 0. The van der Waals surface area contributed by atoms with E-state index < -0.39 is 23.9 Å². The molecule has 0 aliphatic carbocycles. The van der Waals surface area contributed by atoms with Gasteiger partial charge in [0.1, 0.15) is 6.23 Å². The maximum absolute atomic E-state index is 11.8. The molecule has 1 amide bonds. The van der Waals surface area contributed by atoms with Crippen molar-refractivity contribution in [1.29, 1.82) is 0 Å². The number of hydrogen-bond acceptors (Lipinski definition) is 4. The van der Waals surface area contributed by atoms with Crippen LogP contribution in [0.4, 0.5) is 0 Å².